The highest BCUT2D eigenvalue weighted by molar-refractivity contribution is 5.87. The van der Waals surface area contributed by atoms with E-state index in [9.17, 15) is 5.11 Å². The van der Waals surface area contributed by atoms with E-state index in [-0.39, 0.29) is 0 Å². The van der Waals surface area contributed by atoms with Crippen molar-refractivity contribution in [1.29, 1.82) is 0 Å². The van der Waals surface area contributed by atoms with Gasteiger partial charge in [-0.2, -0.15) is 0 Å². The molecular weight excluding hydrogens is 260 g/mol. The average Bonchev–Trinajstić information content (AvgIpc) is 2.82. The van der Waals surface area contributed by atoms with Crippen LogP contribution in [0.4, 0.5) is 0 Å². The van der Waals surface area contributed by atoms with Crippen molar-refractivity contribution in [3.8, 4) is 5.75 Å². The van der Waals surface area contributed by atoms with Crippen molar-refractivity contribution in [3.63, 3.8) is 0 Å². The number of nitrogens with zero attached hydrogens (tertiary/aromatic N) is 1. The van der Waals surface area contributed by atoms with E-state index < -0.39 is 0 Å². The molecule has 1 aliphatic rings. The number of fused-ring (bicyclic) bond motifs is 3. The van der Waals surface area contributed by atoms with E-state index in [0.29, 0.717) is 5.75 Å². The molecule has 0 aliphatic carbocycles. The molecule has 0 spiro atoms. The molecule has 0 saturated carbocycles. The summed E-state index contributed by atoms with van der Waals surface area (Å²) in [5.41, 5.74) is 5.26. The van der Waals surface area contributed by atoms with Gasteiger partial charge in [0.1, 0.15) is 5.75 Å². The Balaban J connectivity index is 1.91. The predicted molar refractivity (Wildman–Crippen MR) is 84.6 cm³/mol. The zero-order chi connectivity index (χ0) is 14.2. The molecule has 2 N–H and O–H groups in total. The lowest BCUT2D eigenvalue weighted by atomic mass is 10.1. The molecular formula is C18H18N2O. The summed E-state index contributed by atoms with van der Waals surface area (Å²) in [6, 6.07) is 16.3. The van der Waals surface area contributed by atoms with Crippen LogP contribution in [0.15, 0.2) is 48.5 Å². The van der Waals surface area contributed by atoms with Crippen LogP contribution in [0, 0.1) is 0 Å². The Bertz CT molecular complexity index is 790. The second kappa shape index (κ2) is 4.93. The Labute approximate surface area is 123 Å². The highest BCUT2D eigenvalue weighted by Gasteiger charge is 2.19. The van der Waals surface area contributed by atoms with E-state index in [2.05, 4.69) is 40.2 Å². The minimum atomic E-state index is 0.340. The van der Waals surface area contributed by atoms with Crippen molar-refractivity contribution in [2.24, 2.45) is 0 Å². The van der Waals surface area contributed by atoms with Gasteiger partial charge in [0, 0.05) is 42.7 Å². The summed E-state index contributed by atoms with van der Waals surface area (Å²) in [5, 5.41) is 14.4. The SMILES string of the molecule is Oc1ccc2c(c1)c1c(n2Cc2ccccc2)CCNC1. The Hall–Kier alpha value is -2.26. The molecule has 21 heavy (non-hydrogen) atoms. The minimum Gasteiger partial charge on any atom is -0.508 e. The molecule has 0 amide bonds. The fourth-order valence-corrected chi connectivity index (χ4v) is 3.31. The third-order valence-corrected chi connectivity index (χ3v) is 4.29. The molecule has 106 valence electrons. The van der Waals surface area contributed by atoms with E-state index in [4.69, 9.17) is 0 Å². The first kappa shape index (κ1) is 12.5. The summed E-state index contributed by atoms with van der Waals surface area (Å²) in [6.07, 6.45) is 1.04. The van der Waals surface area contributed by atoms with Gasteiger partial charge in [0.05, 0.1) is 0 Å². The van der Waals surface area contributed by atoms with Crippen LogP contribution in [0.2, 0.25) is 0 Å². The van der Waals surface area contributed by atoms with E-state index in [0.717, 1.165) is 26.1 Å². The van der Waals surface area contributed by atoms with Gasteiger partial charge in [-0.15, -0.1) is 0 Å². The van der Waals surface area contributed by atoms with Gasteiger partial charge in [-0.25, -0.2) is 0 Å². The van der Waals surface area contributed by atoms with Crippen molar-refractivity contribution in [2.45, 2.75) is 19.5 Å². The Kier molecular flexibility index (Phi) is 2.93. The summed E-state index contributed by atoms with van der Waals surface area (Å²) < 4.78 is 2.40. The predicted octanol–water partition coefficient (Wildman–Crippen LogP) is 3.04. The van der Waals surface area contributed by atoms with Crippen LogP contribution >= 0.6 is 0 Å². The molecule has 0 saturated heterocycles. The molecule has 4 rings (SSSR count). The monoisotopic (exact) mass is 278 g/mol. The number of phenolic OH excluding ortho intramolecular Hbond substituents is 1. The lowest BCUT2D eigenvalue weighted by Crippen LogP contribution is -2.24. The van der Waals surface area contributed by atoms with Gasteiger partial charge in [0.25, 0.3) is 0 Å². The van der Waals surface area contributed by atoms with Crippen LogP contribution in [0.5, 0.6) is 5.75 Å². The van der Waals surface area contributed by atoms with E-state index >= 15 is 0 Å². The Morgan fingerprint density at radius 1 is 1.10 bits per heavy atom. The fourth-order valence-electron chi connectivity index (χ4n) is 3.31. The van der Waals surface area contributed by atoms with E-state index in [1.165, 1.54) is 27.7 Å². The smallest absolute Gasteiger partial charge is 0.116 e. The van der Waals surface area contributed by atoms with E-state index in [1.54, 1.807) is 6.07 Å². The summed E-state index contributed by atoms with van der Waals surface area (Å²) in [5.74, 6) is 0.340. The molecule has 0 atom stereocenters. The second-order valence-corrected chi connectivity index (χ2v) is 5.63. The maximum absolute atomic E-state index is 9.80. The van der Waals surface area contributed by atoms with Gasteiger partial charge in [-0.3, -0.25) is 0 Å². The maximum atomic E-state index is 9.80. The third-order valence-electron chi connectivity index (χ3n) is 4.29. The van der Waals surface area contributed by atoms with Gasteiger partial charge in [-0.1, -0.05) is 30.3 Å². The van der Waals surface area contributed by atoms with Gasteiger partial charge in [-0.05, 0) is 29.3 Å². The number of aromatic nitrogens is 1. The number of hydrogen-bond acceptors (Lipinski definition) is 2. The van der Waals surface area contributed by atoms with Crippen LogP contribution in [-0.4, -0.2) is 16.2 Å². The first-order chi connectivity index (χ1) is 10.3. The molecule has 0 unspecified atom stereocenters. The third kappa shape index (κ3) is 2.10. The molecule has 3 aromatic rings. The quantitative estimate of drug-likeness (QED) is 0.756. The Morgan fingerprint density at radius 2 is 1.95 bits per heavy atom. The maximum Gasteiger partial charge on any atom is 0.116 e. The molecule has 3 nitrogen and oxygen atoms in total. The molecule has 1 aliphatic heterocycles. The minimum absolute atomic E-state index is 0.340. The van der Waals surface area contributed by atoms with Crippen LogP contribution in [-0.2, 0) is 19.5 Å². The topological polar surface area (TPSA) is 37.2 Å². The van der Waals surface area contributed by atoms with Crippen molar-refractivity contribution >= 4 is 10.9 Å². The average molecular weight is 278 g/mol. The van der Waals surface area contributed by atoms with Gasteiger partial charge < -0.3 is 15.0 Å². The summed E-state index contributed by atoms with van der Waals surface area (Å²) in [4.78, 5) is 0. The van der Waals surface area contributed by atoms with Gasteiger partial charge in [0.15, 0.2) is 0 Å². The van der Waals surface area contributed by atoms with Crippen LogP contribution in [0.1, 0.15) is 16.8 Å². The molecule has 2 heterocycles. The van der Waals surface area contributed by atoms with Crippen LogP contribution in [0.3, 0.4) is 0 Å². The summed E-state index contributed by atoms with van der Waals surface area (Å²) in [7, 11) is 0. The zero-order valence-corrected chi connectivity index (χ0v) is 11.8. The molecule has 0 bridgehead atoms. The lowest BCUT2D eigenvalue weighted by molar-refractivity contribution is 0.476. The first-order valence-electron chi connectivity index (χ1n) is 7.40. The molecule has 1 aromatic heterocycles. The fraction of sp³-hybridized carbons (Fsp3) is 0.222. The standard InChI is InChI=1S/C18H18N2O/c21-14-6-7-17-15(10-14)16-11-19-9-8-18(16)20(17)12-13-4-2-1-3-5-13/h1-7,10,19,21H,8-9,11-12H2. The second-order valence-electron chi connectivity index (χ2n) is 5.63. The largest absolute Gasteiger partial charge is 0.508 e. The summed E-state index contributed by atoms with van der Waals surface area (Å²) >= 11 is 0. The zero-order valence-electron chi connectivity index (χ0n) is 11.8. The van der Waals surface area contributed by atoms with Crippen molar-refractivity contribution in [3.05, 3.63) is 65.4 Å². The van der Waals surface area contributed by atoms with Crippen molar-refractivity contribution < 1.29 is 5.11 Å². The van der Waals surface area contributed by atoms with Crippen molar-refractivity contribution in [1.82, 2.24) is 9.88 Å². The Morgan fingerprint density at radius 3 is 2.81 bits per heavy atom. The highest BCUT2D eigenvalue weighted by atomic mass is 16.3. The number of aromatic hydroxyl groups is 1. The van der Waals surface area contributed by atoms with Crippen LogP contribution < -0.4 is 5.32 Å². The van der Waals surface area contributed by atoms with Crippen LogP contribution in [0.25, 0.3) is 10.9 Å². The van der Waals surface area contributed by atoms with E-state index in [1.807, 2.05) is 12.1 Å². The summed E-state index contributed by atoms with van der Waals surface area (Å²) in [6.45, 7) is 2.79. The molecule has 0 fully saturated rings. The molecule has 2 aromatic carbocycles. The number of phenols is 1. The number of rotatable bonds is 2. The number of hydrogen-bond donors (Lipinski definition) is 2. The normalized spacial score (nSPS) is 14.3. The lowest BCUT2D eigenvalue weighted by Gasteiger charge is -2.17. The molecule has 3 heteroatoms. The number of benzene rings is 2. The van der Waals surface area contributed by atoms with Crippen molar-refractivity contribution in [2.75, 3.05) is 6.54 Å². The number of nitrogens with one attached hydrogen (secondary N) is 1. The first-order valence-corrected chi connectivity index (χ1v) is 7.40. The van der Waals surface area contributed by atoms with Gasteiger partial charge in [0.2, 0.25) is 0 Å². The highest BCUT2D eigenvalue weighted by Crippen LogP contribution is 2.31. The molecule has 0 radical (unpaired) electrons. The van der Waals surface area contributed by atoms with Gasteiger partial charge >= 0.3 is 0 Å².